The van der Waals surface area contributed by atoms with Gasteiger partial charge < -0.3 is 15.2 Å². The van der Waals surface area contributed by atoms with Crippen molar-refractivity contribution >= 4 is 0 Å². The number of ether oxygens (including phenoxy) is 2. The zero-order valence-electron chi connectivity index (χ0n) is 11.1. The van der Waals surface area contributed by atoms with Crippen molar-refractivity contribution in [2.24, 2.45) is 5.73 Å². The highest BCUT2D eigenvalue weighted by molar-refractivity contribution is 5.27. The van der Waals surface area contributed by atoms with Gasteiger partial charge in [0.1, 0.15) is 11.9 Å². The van der Waals surface area contributed by atoms with Gasteiger partial charge in [-0.05, 0) is 49.9 Å². The number of nitrogens with two attached hydrogens (primary N) is 1. The van der Waals surface area contributed by atoms with Gasteiger partial charge in [0, 0.05) is 13.5 Å². The van der Waals surface area contributed by atoms with Gasteiger partial charge in [-0.1, -0.05) is 12.1 Å². The molecule has 1 aliphatic rings. The van der Waals surface area contributed by atoms with E-state index in [4.69, 9.17) is 15.2 Å². The maximum Gasteiger partial charge on any atom is 0.119 e. The zero-order chi connectivity index (χ0) is 12.8. The van der Waals surface area contributed by atoms with Gasteiger partial charge in [-0.15, -0.1) is 0 Å². The predicted octanol–water partition coefficient (Wildman–Crippen LogP) is 2.52. The van der Waals surface area contributed by atoms with Crippen LogP contribution in [-0.2, 0) is 11.2 Å². The van der Waals surface area contributed by atoms with E-state index in [0.29, 0.717) is 18.8 Å². The smallest absolute Gasteiger partial charge is 0.119 e. The van der Waals surface area contributed by atoms with Gasteiger partial charge in [-0.2, -0.15) is 0 Å². The summed E-state index contributed by atoms with van der Waals surface area (Å²) in [6.07, 6.45) is 6.06. The molecule has 0 radical (unpaired) electrons. The maximum atomic E-state index is 6.01. The SMILES string of the molecule is COC1CCCC(Oc2ccc(CCN)cc2)C1. The molecule has 0 spiro atoms. The molecule has 2 rings (SSSR count). The van der Waals surface area contributed by atoms with Gasteiger partial charge in [-0.25, -0.2) is 0 Å². The lowest BCUT2D eigenvalue weighted by atomic mass is 9.95. The molecule has 2 atom stereocenters. The predicted molar refractivity (Wildman–Crippen MR) is 72.9 cm³/mol. The van der Waals surface area contributed by atoms with Gasteiger partial charge >= 0.3 is 0 Å². The van der Waals surface area contributed by atoms with Crippen LogP contribution in [0.25, 0.3) is 0 Å². The molecule has 0 amide bonds. The minimum Gasteiger partial charge on any atom is -0.490 e. The minimum atomic E-state index is 0.295. The standard InChI is InChI=1S/C15H23NO2/c1-17-14-3-2-4-15(11-14)18-13-7-5-12(6-8-13)9-10-16/h5-8,14-15H,2-4,9-11,16H2,1H3. The molecule has 0 bridgehead atoms. The van der Waals surface area contributed by atoms with Crippen molar-refractivity contribution in [3.63, 3.8) is 0 Å². The Morgan fingerprint density at radius 2 is 1.89 bits per heavy atom. The molecule has 3 heteroatoms. The number of benzene rings is 1. The Hall–Kier alpha value is -1.06. The minimum absolute atomic E-state index is 0.295. The van der Waals surface area contributed by atoms with Crippen LogP contribution >= 0.6 is 0 Å². The molecule has 1 aliphatic carbocycles. The van der Waals surface area contributed by atoms with Crippen LogP contribution in [0, 0.1) is 0 Å². The molecule has 1 aromatic rings. The Labute approximate surface area is 109 Å². The van der Waals surface area contributed by atoms with Crippen LogP contribution in [-0.4, -0.2) is 25.9 Å². The summed E-state index contributed by atoms with van der Waals surface area (Å²) in [4.78, 5) is 0. The molecule has 0 aliphatic heterocycles. The van der Waals surface area contributed by atoms with Crippen molar-refractivity contribution in [3.05, 3.63) is 29.8 Å². The quantitative estimate of drug-likeness (QED) is 0.872. The van der Waals surface area contributed by atoms with E-state index in [1.54, 1.807) is 7.11 Å². The van der Waals surface area contributed by atoms with E-state index in [0.717, 1.165) is 31.4 Å². The molecule has 18 heavy (non-hydrogen) atoms. The Kier molecular flexibility index (Phi) is 5.02. The fourth-order valence-corrected chi connectivity index (χ4v) is 2.52. The molecule has 0 aromatic heterocycles. The van der Waals surface area contributed by atoms with Crippen molar-refractivity contribution in [1.29, 1.82) is 0 Å². The molecule has 1 aromatic carbocycles. The topological polar surface area (TPSA) is 44.5 Å². The fourth-order valence-electron chi connectivity index (χ4n) is 2.52. The number of methoxy groups -OCH3 is 1. The van der Waals surface area contributed by atoms with Crippen molar-refractivity contribution in [3.8, 4) is 5.75 Å². The molecule has 0 saturated heterocycles. The van der Waals surface area contributed by atoms with Crippen LogP contribution < -0.4 is 10.5 Å². The lowest BCUT2D eigenvalue weighted by molar-refractivity contribution is 0.0209. The lowest BCUT2D eigenvalue weighted by Gasteiger charge is -2.28. The molecular formula is C15H23NO2. The second-order valence-electron chi connectivity index (χ2n) is 4.95. The molecule has 100 valence electrons. The third kappa shape index (κ3) is 3.72. The summed E-state index contributed by atoms with van der Waals surface area (Å²) in [5, 5.41) is 0. The lowest BCUT2D eigenvalue weighted by Crippen LogP contribution is -2.29. The first-order chi connectivity index (χ1) is 8.81. The third-order valence-corrected chi connectivity index (χ3v) is 3.57. The zero-order valence-corrected chi connectivity index (χ0v) is 11.1. The summed E-state index contributed by atoms with van der Waals surface area (Å²) >= 11 is 0. The average molecular weight is 249 g/mol. The normalized spacial score (nSPS) is 23.9. The van der Waals surface area contributed by atoms with Crippen LogP contribution in [0.1, 0.15) is 31.2 Å². The molecule has 2 unspecified atom stereocenters. The highest BCUT2D eigenvalue weighted by Gasteiger charge is 2.22. The maximum absolute atomic E-state index is 6.01. The second kappa shape index (κ2) is 6.76. The van der Waals surface area contributed by atoms with E-state index in [-0.39, 0.29) is 0 Å². The molecule has 3 nitrogen and oxygen atoms in total. The molecule has 0 heterocycles. The van der Waals surface area contributed by atoms with E-state index in [2.05, 4.69) is 12.1 Å². The van der Waals surface area contributed by atoms with Crippen LogP contribution in [0.3, 0.4) is 0 Å². The van der Waals surface area contributed by atoms with Crippen LogP contribution in [0.15, 0.2) is 24.3 Å². The first kappa shape index (κ1) is 13.4. The van der Waals surface area contributed by atoms with Gasteiger partial charge in [0.15, 0.2) is 0 Å². The van der Waals surface area contributed by atoms with E-state index in [1.807, 2.05) is 12.1 Å². The summed E-state index contributed by atoms with van der Waals surface area (Å²) in [6.45, 7) is 0.693. The first-order valence-electron chi connectivity index (χ1n) is 6.80. The summed E-state index contributed by atoms with van der Waals surface area (Å²) in [7, 11) is 1.79. The summed E-state index contributed by atoms with van der Waals surface area (Å²) in [6, 6.07) is 8.28. The van der Waals surface area contributed by atoms with Crippen LogP contribution in [0.5, 0.6) is 5.75 Å². The monoisotopic (exact) mass is 249 g/mol. The highest BCUT2D eigenvalue weighted by atomic mass is 16.5. The largest absolute Gasteiger partial charge is 0.490 e. The Morgan fingerprint density at radius 1 is 1.17 bits per heavy atom. The van der Waals surface area contributed by atoms with Crippen LogP contribution in [0.2, 0.25) is 0 Å². The molecule has 1 fully saturated rings. The van der Waals surface area contributed by atoms with E-state index >= 15 is 0 Å². The Bertz CT molecular complexity index is 350. The summed E-state index contributed by atoms with van der Waals surface area (Å²) in [5.41, 5.74) is 6.80. The number of hydrogen-bond donors (Lipinski definition) is 1. The van der Waals surface area contributed by atoms with Gasteiger partial charge in [0.25, 0.3) is 0 Å². The summed E-state index contributed by atoms with van der Waals surface area (Å²) in [5.74, 6) is 0.956. The van der Waals surface area contributed by atoms with Crippen molar-refractivity contribution in [1.82, 2.24) is 0 Å². The van der Waals surface area contributed by atoms with Crippen molar-refractivity contribution in [2.45, 2.75) is 44.3 Å². The van der Waals surface area contributed by atoms with E-state index in [9.17, 15) is 0 Å². The fraction of sp³-hybridized carbons (Fsp3) is 0.600. The van der Waals surface area contributed by atoms with Gasteiger partial charge in [0.05, 0.1) is 6.10 Å². The first-order valence-corrected chi connectivity index (χ1v) is 6.80. The number of rotatable bonds is 5. The van der Waals surface area contributed by atoms with Crippen LogP contribution in [0.4, 0.5) is 0 Å². The van der Waals surface area contributed by atoms with Gasteiger partial charge in [0.2, 0.25) is 0 Å². The molecular weight excluding hydrogens is 226 g/mol. The van der Waals surface area contributed by atoms with Gasteiger partial charge in [-0.3, -0.25) is 0 Å². The number of hydrogen-bond acceptors (Lipinski definition) is 3. The molecule has 2 N–H and O–H groups in total. The average Bonchev–Trinajstić information content (AvgIpc) is 2.42. The van der Waals surface area contributed by atoms with E-state index < -0.39 is 0 Å². The molecule has 1 saturated carbocycles. The Morgan fingerprint density at radius 3 is 2.56 bits per heavy atom. The summed E-state index contributed by atoms with van der Waals surface area (Å²) < 4.78 is 11.4. The van der Waals surface area contributed by atoms with Crippen molar-refractivity contribution in [2.75, 3.05) is 13.7 Å². The van der Waals surface area contributed by atoms with E-state index in [1.165, 1.54) is 12.0 Å². The second-order valence-corrected chi connectivity index (χ2v) is 4.95. The highest BCUT2D eigenvalue weighted by Crippen LogP contribution is 2.25. The third-order valence-electron chi connectivity index (χ3n) is 3.57. The Balaban J connectivity index is 1.88. The van der Waals surface area contributed by atoms with Crippen molar-refractivity contribution < 1.29 is 9.47 Å².